The van der Waals surface area contributed by atoms with Gasteiger partial charge in [-0.1, -0.05) is 30.1 Å². The Morgan fingerprint density at radius 2 is 2.16 bits per heavy atom. The Bertz CT molecular complexity index is 496. The highest BCUT2D eigenvalue weighted by molar-refractivity contribution is 6.36. The van der Waals surface area contributed by atoms with Crippen LogP contribution in [0.4, 0.5) is 5.69 Å². The number of amides is 1. The van der Waals surface area contributed by atoms with Crippen LogP contribution in [0.5, 0.6) is 0 Å². The maximum atomic E-state index is 12.4. The zero-order valence-corrected chi connectivity index (χ0v) is 12.7. The molecule has 0 radical (unpaired) electrons. The molecular weight excluding hydrogens is 283 g/mol. The Hall–Kier alpha value is -0.770. The second-order valence-corrected chi connectivity index (χ2v) is 5.82. The van der Waals surface area contributed by atoms with Gasteiger partial charge in [0.2, 0.25) is 5.91 Å². The fourth-order valence-electron chi connectivity index (χ4n) is 2.45. The lowest BCUT2D eigenvalue weighted by Gasteiger charge is -2.27. The molecular formula is C14H18Cl2N2O. The highest BCUT2D eigenvalue weighted by Gasteiger charge is 2.39. The van der Waals surface area contributed by atoms with Crippen LogP contribution in [0.15, 0.2) is 12.1 Å². The van der Waals surface area contributed by atoms with E-state index in [9.17, 15) is 4.79 Å². The molecule has 1 aliphatic rings. The van der Waals surface area contributed by atoms with Crippen LogP contribution >= 0.6 is 23.2 Å². The number of aryl methyl sites for hydroxylation is 1. The van der Waals surface area contributed by atoms with Gasteiger partial charge in [-0.15, -0.1) is 0 Å². The lowest BCUT2D eigenvalue weighted by Crippen LogP contribution is -2.50. The highest BCUT2D eigenvalue weighted by Crippen LogP contribution is 2.31. The molecule has 19 heavy (non-hydrogen) atoms. The number of anilines is 1. The van der Waals surface area contributed by atoms with E-state index >= 15 is 0 Å². The fourth-order valence-corrected chi connectivity index (χ4v) is 2.88. The molecule has 5 heteroatoms. The van der Waals surface area contributed by atoms with Crippen LogP contribution in [0, 0.1) is 6.92 Å². The van der Waals surface area contributed by atoms with Crippen molar-refractivity contribution >= 4 is 34.8 Å². The number of benzene rings is 1. The van der Waals surface area contributed by atoms with Crippen molar-refractivity contribution in [3.63, 3.8) is 0 Å². The minimum atomic E-state index is -0.472. The van der Waals surface area contributed by atoms with Gasteiger partial charge >= 0.3 is 0 Å². The van der Waals surface area contributed by atoms with Crippen molar-refractivity contribution in [3.8, 4) is 0 Å². The Kier molecular flexibility index (Phi) is 4.39. The maximum absolute atomic E-state index is 12.4. The molecule has 2 N–H and O–H groups in total. The topological polar surface area (TPSA) is 41.1 Å². The fraction of sp³-hybridized carbons (Fsp3) is 0.500. The molecule has 1 saturated heterocycles. The quantitative estimate of drug-likeness (QED) is 0.892. The average molecular weight is 301 g/mol. The first-order valence-electron chi connectivity index (χ1n) is 6.50. The highest BCUT2D eigenvalue weighted by atomic mass is 35.5. The summed E-state index contributed by atoms with van der Waals surface area (Å²) in [5.74, 6) is -0.0330. The Morgan fingerprint density at radius 1 is 1.42 bits per heavy atom. The summed E-state index contributed by atoms with van der Waals surface area (Å²) in [5.41, 5.74) is 0.999. The van der Waals surface area contributed by atoms with Crippen LogP contribution in [-0.4, -0.2) is 18.0 Å². The van der Waals surface area contributed by atoms with Crippen LogP contribution in [0.2, 0.25) is 10.0 Å². The molecule has 104 valence electrons. The molecule has 1 aliphatic heterocycles. The summed E-state index contributed by atoms with van der Waals surface area (Å²) in [5, 5.41) is 7.31. The average Bonchev–Trinajstić information content (AvgIpc) is 2.86. The van der Waals surface area contributed by atoms with Gasteiger partial charge in [0.15, 0.2) is 0 Å². The molecule has 0 aromatic heterocycles. The minimum absolute atomic E-state index is 0.0330. The van der Waals surface area contributed by atoms with E-state index in [1.807, 2.05) is 13.8 Å². The van der Waals surface area contributed by atoms with Gasteiger partial charge in [-0.2, -0.15) is 0 Å². The van der Waals surface area contributed by atoms with E-state index in [0.29, 0.717) is 15.7 Å². The van der Waals surface area contributed by atoms with Gasteiger partial charge in [-0.3, -0.25) is 4.79 Å². The van der Waals surface area contributed by atoms with Crippen LogP contribution in [0.3, 0.4) is 0 Å². The van der Waals surface area contributed by atoms with Crippen molar-refractivity contribution in [1.29, 1.82) is 0 Å². The first kappa shape index (κ1) is 14.6. The summed E-state index contributed by atoms with van der Waals surface area (Å²) in [6.45, 7) is 4.77. The minimum Gasteiger partial charge on any atom is -0.323 e. The summed E-state index contributed by atoms with van der Waals surface area (Å²) in [7, 11) is 0. The molecule has 0 aliphatic carbocycles. The molecule has 0 spiro atoms. The predicted octanol–water partition coefficient (Wildman–Crippen LogP) is 3.77. The van der Waals surface area contributed by atoms with Gasteiger partial charge in [-0.25, -0.2) is 0 Å². The number of hydrogen-bond donors (Lipinski definition) is 2. The Balaban J connectivity index is 2.21. The normalized spacial score (nSPS) is 22.5. The van der Waals surface area contributed by atoms with Gasteiger partial charge < -0.3 is 10.6 Å². The van der Waals surface area contributed by atoms with E-state index in [0.717, 1.165) is 31.4 Å². The predicted molar refractivity (Wildman–Crippen MR) is 80.1 cm³/mol. The number of nitrogens with one attached hydrogen (secondary N) is 2. The van der Waals surface area contributed by atoms with Gasteiger partial charge in [0.1, 0.15) is 0 Å². The van der Waals surface area contributed by atoms with E-state index in [4.69, 9.17) is 23.2 Å². The zero-order valence-electron chi connectivity index (χ0n) is 11.1. The Labute approximate surface area is 123 Å². The number of hydrogen-bond acceptors (Lipinski definition) is 2. The van der Waals surface area contributed by atoms with Crippen LogP contribution in [0.1, 0.15) is 31.7 Å². The summed E-state index contributed by atoms with van der Waals surface area (Å²) in [6, 6.07) is 3.47. The largest absolute Gasteiger partial charge is 0.323 e. The second-order valence-electron chi connectivity index (χ2n) is 5.00. The third-order valence-electron chi connectivity index (χ3n) is 3.78. The third kappa shape index (κ3) is 2.88. The van der Waals surface area contributed by atoms with Crippen molar-refractivity contribution in [2.75, 3.05) is 11.9 Å². The van der Waals surface area contributed by atoms with Gasteiger partial charge in [0.05, 0.1) is 16.2 Å². The van der Waals surface area contributed by atoms with Crippen molar-refractivity contribution in [3.05, 3.63) is 27.7 Å². The summed E-state index contributed by atoms with van der Waals surface area (Å²) < 4.78 is 0. The molecule has 2 rings (SSSR count). The summed E-state index contributed by atoms with van der Waals surface area (Å²) >= 11 is 12.2. The maximum Gasteiger partial charge on any atom is 0.244 e. The van der Waals surface area contributed by atoms with Gasteiger partial charge in [0, 0.05) is 5.02 Å². The monoisotopic (exact) mass is 300 g/mol. The SMILES string of the molecule is CCC1(C(=O)Nc2cc(Cl)c(C)cc2Cl)CCCN1. The van der Waals surface area contributed by atoms with E-state index in [1.165, 1.54) is 0 Å². The Morgan fingerprint density at radius 3 is 2.74 bits per heavy atom. The number of halogens is 2. The van der Waals surface area contributed by atoms with Crippen LogP contribution in [-0.2, 0) is 4.79 Å². The lowest BCUT2D eigenvalue weighted by atomic mass is 9.93. The molecule has 3 nitrogen and oxygen atoms in total. The van der Waals surface area contributed by atoms with Crippen molar-refractivity contribution in [2.24, 2.45) is 0 Å². The molecule has 0 saturated carbocycles. The van der Waals surface area contributed by atoms with Crippen LogP contribution < -0.4 is 10.6 Å². The van der Waals surface area contributed by atoms with E-state index < -0.39 is 5.54 Å². The van der Waals surface area contributed by atoms with Crippen molar-refractivity contribution in [2.45, 2.75) is 38.6 Å². The lowest BCUT2D eigenvalue weighted by molar-refractivity contribution is -0.122. The molecule has 1 amide bonds. The summed E-state index contributed by atoms with van der Waals surface area (Å²) in [6.07, 6.45) is 2.63. The number of carbonyl (C=O) groups is 1. The summed E-state index contributed by atoms with van der Waals surface area (Å²) in [4.78, 5) is 12.4. The van der Waals surface area contributed by atoms with Crippen molar-refractivity contribution < 1.29 is 4.79 Å². The zero-order chi connectivity index (χ0) is 14.0. The van der Waals surface area contributed by atoms with E-state index in [2.05, 4.69) is 10.6 Å². The number of rotatable bonds is 3. The van der Waals surface area contributed by atoms with E-state index in [-0.39, 0.29) is 5.91 Å². The molecule has 1 fully saturated rings. The molecule has 1 aromatic carbocycles. The van der Waals surface area contributed by atoms with E-state index in [1.54, 1.807) is 12.1 Å². The second kappa shape index (κ2) is 5.70. The molecule has 1 heterocycles. The van der Waals surface area contributed by atoms with Gasteiger partial charge in [-0.05, 0) is 50.4 Å². The molecule has 1 atom stereocenters. The molecule has 0 bridgehead atoms. The van der Waals surface area contributed by atoms with Crippen LogP contribution in [0.25, 0.3) is 0 Å². The third-order valence-corrected chi connectivity index (χ3v) is 4.50. The standard InChI is InChI=1S/C14H18Cl2N2O/c1-3-14(5-4-6-17-14)13(19)18-12-8-10(15)9(2)7-11(12)16/h7-8,17H,3-6H2,1-2H3,(H,18,19). The van der Waals surface area contributed by atoms with Gasteiger partial charge in [0.25, 0.3) is 0 Å². The van der Waals surface area contributed by atoms with Crippen molar-refractivity contribution in [1.82, 2.24) is 5.32 Å². The smallest absolute Gasteiger partial charge is 0.244 e. The molecule has 1 unspecified atom stereocenters. The molecule has 1 aromatic rings. The first-order chi connectivity index (χ1) is 8.98. The number of carbonyl (C=O) groups excluding carboxylic acids is 1. The first-order valence-corrected chi connectivity index (χ1v) is 7.26.